The van der Waals surface area contributed by atoms with Crippen molar-refractivity contribution in [3.63, 3.8) is 0 Å². The van der Waals surface area contributed by atoms with Crippen LogP contribution in [-0.4, -0.2) is 27.1 Å². The molecule has 1 amide bonds. The number of amides is 1. The highest BCUT2D eigenvalue weighted by Crippen LogP contribution is 2.33. The van der Waals surface area contributed by atoms with Gasteiger partial charge in [-0.3, -0.25) is 14.4 Å². The van der Waals surface area contributed by atoms with Crippen LogP contribution in [0.2, 0.25) is 0 Å². The molecule has 1 aromatic heterocycles. The summed E-state index contributed by atoms with van der Waals surface area (Å²) in [5.74, 6) is -1.83. The molecular weight excluding hydrogens is 352 g/mol. The summed E-state index contributed by atoms with van der Waals surface area (Å²) in [6.45, 7) is 1.65. The largest absolute Gasteiger partial charge is 0.481 e. The zero-order chi connectivity index (χ0) is 16.3. The number of aromatic nitrogens is 1. The average molecular weight is 371 g/mol. The van der Waals surface area contributed by atoms with Gasteiger partial charge in [-0.25, -0.2) is 0 Å². The van der Waals surface area contributed by atoms with E-state index >= 15 is 0 Å². The number of aliphatic carboxylic acids is 1. The Labute approximate surface area is 136 Å². The van der Waals surface area contributed by atoms with Gasteiger partial charge in [0.2, 0.25) is 5.91 Å². The van der Waals surface area contributed by atoms with Crippen LogP contribution in [0.3, 0.4) is 0 Å². The summed E-state index contributed by atoms with van der Waals surface area (Å²) in [7, 11) is 0. The van der Waals surface area contributed by atoms with Gasteiger partial charge in [-0.05, 0) is 41.8 Å². The lowest BCUT2D eigenvalue weighted by molar-refractivity contribution is -0.146. The molecule has 1 aromatic rings. The summed E-state index contributed by atoms with van der Waals surface area (Å²) < 4.78 is 1.99. The van der Waals surface area contributed by atoms with Crippen molar-refractivity contribution in [3.8, 4) is 0 Å². The first-order chi connectivity index (χ1) is 10.3. The smallest absolute Gasteiger partial charge is 0.308 e. The van der Waals surface area contributed by atoms with E-state index in [2.05, 4.69) is 21.2 Å². The lowest BCUT2D eigenvalue weighted by Crippen LogP contribution is -2.56. The van der Waals surface area contributed by atoms with Crippen molar-refractivity contribution in [1.29, 1.82) is 0 Å². The molecule has 22 heavy (non-hydrogen) atoms. The maximum atomic E-state index is 12.2. The SMILES string of the molecule is CC1(NC(=O)Cn2cc(Br)ccc2=O)CCCCC1C(=O)O. The van der Waals surface area contributed by atoms with Gasteiger partial charge in [0.05, 0.1) is 11.5 Å². The van der Waals surface area contributed by atoms with Crippen LogP contribution in [-0.2, 0) is 16.1 Å². The maximum absolute atomic E-state index is 12.2. The second-order valence-corrected chi connectivity index (χ2v) is 6.83. The van der Waals surface area contributed by atoms with Crippen LogP contribution in [0.1, 0.15) is 32.6 Å². The molecule has 1 heterocycles. The summed E-state index contributed by atoms with van der Waals surface area (Å²) in [6, 6.07) is 2.99. The minimum absolute atomic E-state index is 0.125. The standard InChI is InChI=1S/C15H19BrN2O4/c1-15(7-3-2-4-11(15)14(21)22)17-12(19)9-18-8-10(16)5-6-13(18)20/h5-6,8,11H,2-4,7,9H2,1H3,(H,17,19)(H,21,22). The first-order valence-electron chi connectivity index (χ1n) is 7.22. The Balaban J connectivity index is 2.11. The molecule has 0 spiro atoms. The number of nitrogens with one attached hydrogen (secondary N) is 1. The molecular formula is C15H19BrN2O4. The third-order valence-corrected chi connectivity index (χ3v) is 4.66. The van der Waals surface area contributed by atoms with Crippen molar-refractivity contribution in [2.45, 2.75) is 44.7 Å². The van der Waals surface area contributed by atoms with E-state index in [-0.39, 0.29) is 18.0 Å². The van der Waals surface area contributed by atoms with E-state index in [1.165, 1.54) is 10.6 Å². The lowest BCUT2D eigenvalue weighted by atomic mass is 9.74. The Hall–Kier alpha value is -1.63. The molecule has 120 valence electrons. The predicted molar refractivity (Wildman–Crippen MR) is 84.5 cm³/mol. The number of hydrogen-bond donors (Lipinski definition) is 2. The summed E-state index contributed by atoms with van der Waals surface area (Å²) in [4.78, 5) is 35.4. The topological polar surface area (TPSA) is 88.4 Å². The molecule has 0 aromatic carbocycles. The first kappa shape index (κ1) is 16.7. The molecule has 2 rings (SSSR count). The Kier molecular flexibility index (Phi) is 5.05. The molecule has 0 aliphatic heterocycles. The number of carbonyl (C=O) groups is 2. The fraction of sp³-hybridized carbons (Fsp3) is 0.533. The van der Waals surface area contributed by atoms with Crippen molar-refractivity contribution < 1.29 is 14.7 Å². The van der Waals surface area contributed by atoms with Gasteiger partial charge < -0.3 is 15.0 Å². The van der Waals surface area contributed by atoms with Gasteiger partial charge in [0.1, 0.15) is 6.54 Å². The minimum atomic E-state index is -0.887. The molecule has 0 saturated heterocycles. The highest BCUT2D eigenvalue weighted by molar-refractivity contribution is 9.10. The molecule has 1 saturated carbocycles. The van der Waals surface area contributed by atoms with Crippen molar-refractivity contribution >= 4 is 27.8 Å². The second-order valence-electron chi connectivity index (χ2n) is 5.92. The van der Waals surface area contributed by atoms with Crippen LogP contribution in [0.15, 0.2) is 27.6 Å². The first-order valence-corrected chi connectivity index (χ1v) is 8.01. The maximum Gasteiger partial charge on any atom is 0.308 e. The van der Waals surface area contributed by atoms with Gasteiger partial charge in [0, 0.05) is 16.7 Å². The van der Waals surface area contributed by atoms with E-state index in [1.54, 1.807) is 19.2 Å². The molecule has 2 atom stereocenters. The Morgan fingerprint density at radius 2 is 2.18 bits per heavy atom. The van der Waals surface area contributed by atoms with Crippen LogP contribution in [0, 0.1) is 5.92 Å². The predicted octanol–water partition coefficient (Wildman–Crippen LogP) is 1.76. The van der Waals surface area contributed by atoms with E-state index in [0.29, 0.717) is 17.3 Å². The Morgan fingerprint density at radius 1 is 1.45 bits per heavy atom. The monoisotopic (exact) mass is 370 g/mol. The summed E-state index contributed by atoms with van der Waals surface area (Å²) in [6.07, 6.45) is 4.47. The number of carboxylic acids is 1. The number of halogens is 1. The van der Waals surface area contributed by atoms with Crippen LogP contribution < -0.4 is 10.9 Å². The highest BCUT2D eigenvalue weighted by atomic mass is 79.9. The van der Waals surface area contributed by atoms with Gasteiger partial charge in [-0.1, -0.05) is 12.8 Å². The third-order valence-electron chi connectivity index (χ3n) is 4.19. The number of hydrogen-bond acceptors (Lipinski definition) is 3. The molecule has 1 fully saturated rings. The zero-order valence-corrected chi connectivity index (χ0v) is 13.9. The summed E-state index contributed by atoms with van der Waals surface area (Å²) in [5, 5.41) is 12.2. The van der Waals surface area contributed by atoms with Crippen molar-refractivity contribution in [3.05, 3.63) is 33.2 Å². The lowest BCUT2D eigenvalue weighted by Gasteiger charge is -2.39. The number of carboxylic acid groups (broad SMARTS) is 1. The van der Waals surface area contributed by atoms with E-state index < -0.39 is 17.4 Å². The second kappa shape index (κ2) is 6.64. The molecule has 0 radical (unpaired) electrons. The number of pyridine rings is 1. The van der Waals surface area contributed by atoms with E-state index in [0.717, 1.165) is 12.8 Å². The van der Waals surface area contributed by atoms with Crippen molar-refractivity contribution in [2.75, 3.05) is 0 Å². The number of carbonyl (C=O) groups excluding carboxylic acids is 1. The minimum Gasteiger partial charge on any atom is -0.481 e. The molecule has 2 unspecified atom stereocenters. The van der Waals surface area contributed by atoms with Crippen molar-refractivity contribution in [1.82, 2.24) is 9.88 Å². The highest BCUT2D eigenvalue weighted by Gasteiger charge is 2.42. The van der Waals surface area contributed by atoms with Crippen LogP contribution in [0.4, 0.5) is 0 Å². The van der Waals surface area contributed by atoms with Gasteiger partial charge in [0.15, 0.2) is 0 Å². The van der Waals surface area contributed by atoms with Crippen LogP contribution >= 0.6 is 15.9 Å². The Bertz CT molecular complexity index is 643. The van der Waals surface area contributed by atoms with Gasteiger partial charge in [0.25, 0.3) is 5.56 Å². The fourth-order valence-electron chi connectivity index (χ4n) is 3.02. The zero-order valence-electron chi connectivity index (χ0n) is 12.3. The molecule has 2 N–H and O–H groups in total. The molecule has 1 aliphatic rings. The fourth-order valence-corrected chi connectivity index (χ4v) is 3.40. The normalized spacial score (nSPS) is 24.7. The quantitative estimate of drug-likeness (QED) is 0.844. The third kappa shape index (κ3) is 3.76. The summed E-state index contributed by atoms with van der Waals surface area (Å²) in [5.41, 5.74) is -1.04. The van der Waals surface area contributed by atoms with E-state index in [1.807, 2.05) is 0 Å². The van der Waals surface area contributed by atoms with Crippen LogP contribution in [0.25, 0.3) is 0 Å². The van der Waals surface area contributed by atoms with E-state index in [9.17, 15) is 19.5 Å². The molecule has 0 bridgehead atoms. The van der Waals surface area contributed by atoms with Gasteiger partial charge in [-0.2, -0.15) is 0 Å². The number of rotatable bonds is 4. The van der Waals surface area contributed by atoms with Crippen molar-refractivity contribution in [2.24, 2.45) is 5.92 Å². The summed E-state index contributed by atoms with van der Waals surface area (Å²) >= 11 is 3.25. The average Bonchev–Trinajstić information content (AvgIpc) is 2.42. The molecule has 7 heteroatoms. The van der Waals surface area contributed by atoms with Gasteiger partial charge >= 0.3 is 5.97 Å². The van der Waals surface area contributed by atoms with E-state index in [4.69, 9.17) is 0 Å². The van der Waals surface area contributed by atoms with Gasteiger partial charge in [-0.15, -0.1) is 0 Å². The Morgan fingerprint density at radius 3 is 2.86 bits per heavy atom. The number of nitrogens with zero attached hydrogens (tertiary/aromatic N) is 1. The molecule has 6 nitrogen and oxygen atoms in total. The molecule has 1 aliphatic carbocycles. The van der Waals surface area contributed by atoms with Crippen LogP contribution in [0.5, 0.6) is 0 Å².